The fourth-order valence-corrected chi connectivity index (χ4v) is 0.833. The van der Waals surface area contributed by atoms with Crippen molar-refractivity contribution in [3.8, 4) is 0 Å². The van der Waals surface area contributed by atoms with Crippen molar-refractivity contribution in [1.29, 1.82) is 0 Å². The van der Waals surface area contributed by atoms with Crippen LogP contribution < -0.4 is 5.73 Å². The Labute approximate surface area is 68.5 Å². The number of hydrogen-bond donors (Lipinski definition) is 2. The predicted molar refractivity (Wildman–Crippen MR) is 45.4 cm³/mol. The van der Waals surface area contributed by atoms with Crippen molar-refractivity contribution in [3.05, 3.63) is 0 Å². The second kappa shape index (κ2) is 6.58. The monoisotopic (exact) mass is 161 g/mol. The first-order chi connectivity index (χ1) is 5.20. The van der Waals surface area contributed by atoms with Gasteiger partial charge in [-0.15, -0.1) is 0 Å². The molecule has 3 heteroatoms. The minimum Gasteiger partial charge on any atom is -0.389 e. The molecule has 2 atom stereocenters. The SMILES string of the molecule is CCCC(C)OCC(O)CN. The molecular formula is C8H19NO2. The molecular weight excluding hydrogens is 142 g/mol. The third-order valence-corrected chi connectivity index (χ3v) is 1.54. The Morgan fingerprint density at radius 2 is 2.18 bits per heavy atom. The maximum absolute atomic E-state index is 9.03. The topological polar surface area (TPSA) is 55.5 Å². The lowest BCUT2D eigenvalue weighted by molar-refractivity contribution is -0.00141. The van der Waals surface area contributed by atoms with Crippen LogP contribution in [0.3, 0.4) is 0 Å². The van der Waals surface area contributed by atoms with Crippen LogP contribution in [0, 0.1) is 0 Å². The van der Waals surface area contributed by atoms with E-state index in [2.05, 4.69) is 6.92 Å². The first-order valence-electron chi connectivity index (χ1n) is 4.20. The molecule has 0 aromatic rings. The summed E-state index contributed by atoms with van der Waals surface area (Å²) in [4.78, 5) is 0. The van der Waals surface area contributed by atoms with Crippen LogP contribution in [0.25, 0.3) is 0 Å². The molecule has 0 saturated carbocycles. The number of aliphatic hydroxyl groups is 1. The molecule has 0 aliphatic rings. The van der Waals surface area contributed by atoms with Gasteiger partial charge in [-0.2, -0.15) is 0 Å². The number of aliphatic hydroxyl groups excluding tert-OH is 1. The maximum Gasteiger partial charge on any atom is 0.0895 e. The fraction of sp³-hybridized carbons (Fsp3) is 1.00. The van der Waals surface area contributed by atoms with E-state index in [0.717, 1.165) is 12.8 Å². The van der Waals surface area contributed by atoms with Crippen molar-refractivity contribution >= 4 is 0 Å². The summed E-state index contributed by atoms with van der Waals surface area (Å²) >= 11 is 0. The van der Waals surface area contributed by atoms with Gasteiger partial charge in [0.1, 0.15) is 0 Å². The second-order valence-electron chi connectivity index (χ2n) is 2.82. The van der Waals surface area contributed by atoms with Gasteiger partial charge in [-0.1, -0.05) is 13.3 Å². The Bertz CT molecular complexity index is 88.2. The Balaban J connectivity index is 3.22. The molecule has 0 saturated heterocycles. The minimum absolute atomic E-state index is 0.237. The number of hydrogen-bond acceptors (Lipinski definition) is 3. The van der Waals surface area contributed by atoms with Crippen molar-refractivity contribution in [1.82, 2.24) is 0 Å². The lowest BCUT2D eigenvalue weighted by atomic mass is 10.2. The lowest BCUT2D eigenvalue weighted by Gasteiger charge is -2.14. The molecule has 0 spiro atoms. The highest BCUT2D eigenvalue weighted by molar-refractivity contribution is 4.55. The van der Waals surface area contributed by atoms with Gasteiger partial charge in [0.05, 0.1) is 18.8 Å². The molecule has 0 aromatic carbocycles. The quantitative estimate of drug-likeness (QED) is 0.597. The highest BCUT2D eigenvalue weighted by Crippen LogP contribution is 2.00. The molecule has 68 valence electrons. The van der Waals surface area contributed by atoms with Crippen LogP contribution in [0.1, 0.15) is 26.7 Å². The smallest absolute Gasteiger partial charge is 0.0895 e. The zero-order valence-corrected chi connectivity index (χ0v) is 7.42. The summed E-state index contributed by atoms with van der Waals surface area (Å²) in [5, 5.41) is 9.03. The van der Waals surface area contributed by atoms with Crippen LogP contribution in [0.15, 0.2) is 0 Å². The van der Waals surface area contributed by atoms with Crippen molar-refractivity contribution in [2.75, 3.05) is 13.2 Å². The lowest BCUT2D eigenvalue weighted by Crippen LogP contribution is -2.27. The van der Waals surface area contributed by atoms with Crippen LogP contribution in [0.2, 0.25) is 0 Å². The highest BCUT2D eigenvalue weighted by atomic mass is 16.5. The molecule has 2 unspecified atom stereocenters. The molecule has 0 aromatic heterocycles. The summed E-state index contributed by atoms with van der Waals surface area (Å²) in [6.45, 7) is 4.75. The van der Waals surface area contributed by atoms with Gasteiger partial charge in [-0.25, -0.2) is 0 Å². The van der Waals surface area contributed by atoms with Gasteiger partial charge >= 0.3 is 0 Å². The van der Waals surface area contributed by atoms with E-state index in [1.807, 2.05) is 6.92 Å². The molecule has 0 radical (unpaired) electrons. The van der Waals surface area contributed by atoms with E-state index in [9.17, 15) is 0 Å². The predicted octanol–water partition coefficient (Wildman–Crippen LogP) is 0.511. The van der Waals surface area contributed by atoms with Gasteiger partial charge in [-0.05, 0) is 13.3 Å². The summed E-state index contributed by atoms with van der Waals surface area (Å²) < 4.78 is 5.31. The zero-order chi connectivity index (χ0) is 8.69. The summed E-state index contributed by atoms with van der Waals surface area (Å²) in [5.41, 5.74) is 5.20. The zero-order valence-electron chi connectivity index (χ0n) is 7.42. The Hall–Kier alpha value is -0.120. The van der Waals surface area contributed by atoms with Crippen LogP contribution in [0.5, 0.6) is 0 Å². The standard InChI is InChI=1S/C8H19NO2/c1-3-4-7(2)11-6-8(10)5-9/h7-8,10H,3-6,9H2,1-2H3. The van der Waals surface area contributed by atoms with E-state index in [-0.39, 0.29) is 12.6 Å². The molecule has 0 aliphatic carbocycles. The van der Waals surface area contributed by atoms with Gasteiger partial charge < -0.3 is 15.6 Å². The molecule has 0 rings (SSSR count). The van der Waals surface area contributed by atoms with Crippen LogP contribution in [-0.4, -0.2) is 30.5 Å². The number of rotatable bonds is 6. The first-order valence-corrected chi connectivity index (χ1v) is 4.20. The Morgan fingerprint density at radius 3 is 2.64 bits per heavy atom. The van der Waals surface area contributed by atoms with E-state index in [0.29, 0.717) is 6.61 Å². The highest BCUT2D eigenvalue weighted by Gasteiger charge is 2.04. The van der Waals surface area contributed by atoms with Gasteiger partial charge in [0.2, 0.25) is 0 Å². The van der Waals surface area contributed by atoms with Crippen molar-refractivity contribution < 1.29 is 9.84 Å². The minimum atomic E-state index is -0.505. The first kappa shape index (κ1) is 10.9. The fourth-order valence-electron chi connectivity index (χ4n) is 0.833. The van der Waals surface area contributed by atoms with Crippen molar-refractivity contribution in [2.24, 2.45) is 5.73 Å². The summed E-state index contributed by atoms with van der Waals surface area (Å²) in [7, 11) is 0. The summed E-state index contributed by atoms with van der Waals surface area (Å²) in [6, 6.07) is 0. The van der Waals surface area contributed by atoms with Crippen LogP contribution >= 0.6 is 0 Å². The second-order valence-corrected chi connectivity index (χ2v) is 2.82. The molecule has 0 aliphatic heterocycles. The van der Waals surface area contributed by atoms with Gasteiger partial charge in [0.15, 0.2) is 0 Å². The van der Waals surface area contributed by atoms with Gasteiger partial charge in [0.25, 0.3) is 0 Å². The Kier molecular flexibility index (Phi) is 6.51. The molecule has 3 nitrogen and oxygen atoms in total. The molecule has 3 N–H and O–H groups in total. The van der Waals surface area contributed by atoms with E-state index < -0.39 is 6.10 Å². The maximum atomic E-state index is 9.03. The van der Waals surface area contributed by atoms with E-state index in [1.54, 1.807) is 0 Å². The third kappa shape index (κ3) is 6.28. The third-order valence-electron chi connectivity index (χ3n) is 1.54. The Morgan fingerprint density at radius 1 is 1.55 bits per heavy atom. The average molecular weight is 161 g/mol. The van der Waals surface area contributed by atoms with Gasteiger partial charge in [0, 0.05) is 6.54 Å². The molecule has 0 amide bonds. The molecule has 11 heavy (non-hydrogen) atoms. The van der Waals surface area contributed by atoms with E-state index in [4.69, 9.17) is 15.6 Å². The van der Waals surface area contributed by atoms with Crippen LogP contribution in [-0.2, 0) is 4.74 Å². The largest absolute Gasteiger partial charge is 0.389 e. The van der Waals surface area contributed by atoms with Crippen molar-refractivity contribution in [2.45, 2.75) is 38.9 Å². The normalized spacial score (nSPS) is 16.4. The van der Waals surface area contributed by atoms with Gasteiger partial charge in [-0.3, -0.25) is 0 Å². The van der Waals surface area contributed by atoms with Crippen molar-refractivity contribution in [3.63, 3.8) is 0 Å². The van der Waals surface area contributed by atoms with E-state index >= 15 is 0 Å². The molecule has 0 bridgehead atoms. The number of nitrogens with two attached hydrogens (primary N) is 1. The molecule has 0 fully saturated rings. The number of ether oxygens (including phenoxy) is 1. The molecule has 0 heterocycles. The average Bonchev–Trinajstić information content (AvgIpc) is 2.01. The van der Waals surface area contributed by atoms with E-state index in [1.165, 1.54) is 0 Å². The van der Waals surface area contributed by atoms with Crippen LogP contribution in [0.4, 0.5) is 0 Å². The summed E-state index contributed by atoms with van der Waals surface area (Å²) in [5.74, 6) is 0. The summed E-state index contributed by atoms with van der Waals surface area (Å²) in [6.07, 6.45) is 1.88.